The molecule has 182 valence electrons. The summed E-state index contributed by atoms with van der Waals surface area (Å²) in [4.78, 5) is 14.8. The molecule has 0 radical (unpaired) electrons. The zero-order valence-corrected chi connectivity index (χ0v) is 22.4. The minimum Gasteiger partial charge on any atom is -0.358 e. The summed E-state index contributed by atoms with van der Waals surface area (Å²) in [5.74, 6) is 0. The molecule has 3 aliphatic rings. The standard InChI is InChI=1S/C26H48N6/c1-23(2,3)30-14-11-27(20-30)17-26(10,18-28-12-15-31(21-28)24(4,5)6)19-29-13-16-32(22-29)25(7,8)9/h11-16H,17-22H2,1-10H3. The molecule has 0 aliphatic carbocycles. The Morgan fingerprint density at radius 1 is 0.438 bits per heavy atom. The lowest BCUT2D eigenvalue weighted by atomic mass is 9.88. The van der Waals surface area contributed by atoms with Crippen LogP contribution in [0.1, 0.15) is 69.2 Å². The highest BCUT2D eigenvalue weighted by molar-refractivity contribution is 5.04. The van der Waals surface area contributed by atoms with Crippen LogP contribution in [0.2, 0.25) is 0 Å². The third-order valence-electron chi connectivity index (χ3n) is 6.71. The van der Waals surface area contributed by atoms with Gasteiger partial charge in [-0.2, -0.15) is 0 Å². The van der Waals surface area contributed by atoms with Crippen molar-refractivity contribution in [2.24, 2.45) is 5.41 Å². The average Bonchev–Trinajstić information content (AvgIpc) is 3.32. The zero-order chi connectivity index (χ0) is 23.9. The maximum absolute atomic E-state index is 2.49. The highest BCUT2D eigenvalue weighted by Gasteiger charge is 2.36. The summed E-state index contributed by atoms with van der Waals surface area (Å²) >= 11 is 0. The van der Waals surface area contributed by atoms with E-state index in [1.807, 2.05) is 0 Å². The van der Waals surface area contributed by atoms with E-state index >= 15 is 0 Å². The molecule has 0 saturated heterocycles. The van der Waals surface area contributed by atoms with Crippen LogP contribution >= 0.6 is 0 Å². The van der Waals surface area contributed by atoms with Gasteiger partial charge in [0.15, 0.2) is 0 Å². The molecular formula is C26H48N6. The van der Waals surface area contributed by atoms with Crippen molar-refractivity contribution in [1.29, 1.82) is 0 Å². The van der Waals surface area contributed by atoms with Crippen LogP contribution in [0.15, 0.2) is 37.2 Å². The number of hydrogen-bond acceptors (Lipinski definition) is 6. The van der Waals surface area contributed by atoms with E-state index in [2.05, 4.69) is 136 Å². The molecule has 0 N–H and O–H groups in total. The molecule has 0 bridgehead atoms. The van der Waals surface area contributed by atoms with Gasteiger partial charge in [0.05, 0.1) is 20.0 Å². The predicted octanol–water partition coefficient (Wildman–Crippen LogP) is 4.53. The summed E-state index contributed by atoms with van der Waals surface area (Å²) in [6, 6.07) is 0. The fourth-order valence-electron chi connectivity index (χ4n) is 4.63. The normalized spacial score (nSPS) is 20.1. The van der Waals surface area contributed by atoms with Gasteiger partial charge in [0.25, 0.3) is 0 Å². The van der Waals surface area contributed by atoms with E-state index in [-0.39, 0.29) is 22.0 Å². The van der Waals surface area contributed by atoms with E-state index in [4.69, 9.17) is 0 Å². The average molecular weight is 445 g/mol. The molecule has 0 unspecified atom stereocenters. The van der Waals surface area contributed by atoms with E-state index in [1.165, 1.54) is 0 Å². The quantitative estimate of drug-likeness (QED) is 0.595. The summed E-state index contributed by atoms with van der Waals surface area (Å²) in [6.45, 7) is 29.0. The van der Waals surface area contributed by atoms with Crippen molar-refractivity contribution in [2.75, 3.05) is 39.6 Å². The van der Waals surface area contributed by atoms with Crippen molar-refractivity contribution in [2.45, 2.75) is 85.9 Å². The Morgan fingerprint density at radius 2 is 0.688 bits per heavy atom. The first-order valence-corrected chi connectivity index (χ1v) is 12.1. The predicted molar refractivity (Wildman–Crippen MR) is 135 cm³/mol. The third kappa shape index (κ3) is 6.08. The first-order valence-electron chi connectivity index (χ1n) is 12.1. The van der Waals surface area contributed by atoms with Gasteiger partial charge >= 0.3 is 0 Å². The molecule has 0 aromatic rings. The van der Waals surface area contributed by atoms with Crippen LogP contribution in [0.3, 0.4) is 0 Å². The Labute approximate surface area is 197 Å². The second-order valence-corrected chi connectivity index (χ2v) is 13.3. The summed E-state index contributed by atoms with van der Waals surface area (Å²) in [7, 11) is 0. The largest absolute Gasteiger partial charge is 0.358 e. The lowest BCUT2D eigenvalue weighted by molar-refractivity contribution is 0.0651. The summed E-state index contributed by atoms with van der Waals surface area (Å²) < 4.78 is 0. The lowest BCUT2D eigenvalue weighted by Gasteiger charge is -2.42. The highest BCUT2D eigenvalue weighted by atomic mass is 15.4. The van der Waals surface area contributed by atoms with Crippen LogP contribution in [0.5, 0.6) is 0 Å². The van der Waals surface area contributed by atoms with Crippen LogP contribution in [-0.4, -0.2) is 85.7 Å². The molecule has 3 rings (SSSR count). The Hall–Kier alpha value is -1.98. The van der Waals surface area contributed by atoms with Crippen LogP contribution in [0.4, 0.5) is 0 Å². The Morgan fingerprint density at radius 3 is 0.875 bits per heavy atom. The molecule has 0 aromatic carbocycles. The number of hydrogen-bond donors (Lipinski definition) is 0. The molecule has 3 heterocycles. The fourth-order valence-corrected chi connectivity index (χ4v) is 4.63. The van der Waals surface area contributed by atoms with Gasteiger partial charge in [-0.1, -0.05) is 6.92 Å². The second kappa shape index (κ2) is 8.42. The summed E-state index contributed by atoms with van der Waals surface area (Å²) in [5, 5.41) is 0. The number of rotatable bonds is 6. The van der Waals surface area contributed by atoms with Crippen molar-refractivity contribution >= 4 is 0 Å². The van der Waals surface area contributed by atoms with Crippen molar-refractivity contribution in [3.63, 3.8) is 0 Å². The smallest absolute Gasteiger partial charge is 0.0898 e. The lowest BCUT2D eigenvalue weighted by Crippen LogP contribution is -2.50. The highest BCUT2D eigenvalue weighted by Crippen LogP contribution is 2.30. The van der Waals surface area contributed by atoms with Crippen molar-refractivity contribution in [3.8, 4) is 0 Å². The van der Waals surface area contributed by atoms with Crippen LogP contribution in [-0.2, 0) is 0 Å². The molecule has 0 atom stereocenters. The Bertz CT molecular complexity index is 635. The maximum Gasteiger partial charge on any atom is 0.0898 e. The van der Waals surface area contributed by atoms with Gasteiger partial charge < -0.3 is 29.4 Å². The summed E-state index contributed by atoms with van der Waals surface area (Å²) in [6.07, 6.45) is 13.6. The van der Waals surface area contributed by atoms with Gasteiger partial charge in [-0.15, -0.1) is 0 Å². The van der Waals surface area contributed by atoms with Gasteiger partial charge in [0.2, 0.25) is 0 Å². The van der Waals surface area contributed by atoms with Crippen molar-refractivity contribution < 1.29 is 0 Å². The van der Waals surface area contributed by atoms with Gasteiger partial charge in [-0.05, 0) is 62.3 Å². The topological polar surface area (TPSA) is 19.4 Å². The molecule has 6 heteroatoms. The molecular weight excluding hydrogens is 396 g/mol. The first-order chi connectivity index (χ1) is 14.6. The zero-order valence-electron chi connectivity index (χ0n) is 22.4. The maximum atomic E-state index is 2.49. The third-order valence-corrected chi connectivity index (χ3v) is 6.71. The molecule has 6 nitrogen and oxygen atoms in total. The molecule has 32 heavy (non-hydrogen) atoms. The monoisotopic (exact) mass is 444 g/mol. The first kappa shape index (κ1) is 24.7. The molecule has 3 aliphatic heterocycles. The SMILES string of the molecule is CC(CN1C=CN(C(C)(C)C)C1)(CN1C=CN(C(C)(C)C)C1)CN1C=CN(C(C)(C)C)C1. The van der Waals surface area contributed by atoms with Gasteiger partial charge in [0.1, 0.15) is 0 Å². The fraction of sp³-hybridized carbons (Fsp3) is 0.769. The van der Waals surface area contributed by atoms with Crippen LogP contribution < -0.4 is 0 Å². The van der Waals surface area contributed by atoms with E-state index in [1.54, 1.807) is 0 Å². The van der Waals surface area contributed by atoms with Gasteiger partial charge in [-0.3, -0.25) is 0 Å². The van der Waals surface area contributed by atoms with E-state index in [0.717, 1.165) is 39.6 Å². The van der Waals surface area contributed by atoms with E-state index in [0.29, 0.717) is 0 Å². The van der Waals surface area contributed by atoms with Crippen LogP contribution in [0.25, 0.3) is 0 Å². The summed E-state index contributed by atoms with van der Waals surface area (Å²) in [5.41, 5.74) is 0.570. The van der Waals surface area contributed by atoms with Gasteiger partial charge in [-0.25, -0.2) is 0 Å². The van der Waals surface area contributed by atoms with Crippen molar-refractivity contribution in [3.05, 3.63) is 37.2 Å². The van der Waals surface area contributed by atoms with Crippen molar-refractivity contribution in [1.82, 2.24) is 29.4 Å². The van der Waals surface area contributed by atoms with Gasteiger partial charge in [0, 0.05) is 78.9 Å². The minimum atomic E-state index is 0.120. The molecule has 0 spiro atoms. The van der Waals surface area contributed by atoms with Crippen LogP contribution in [0, 0.1) is 5.41 Å². The second-order valence-electron chi connectivity index (χ2n) is 13.3. The molecule has 0 amide bonds. The van der Waals surface area contributed by atoms with E-state index < -0.39 is 0 Å². The molecule has 0 fully saturated rings. The minimum absolute atomic E-state index is 0.120. The Kier molecular flexibility index (Phi) is 6.49. The Balaban J connectivity index is 1.69. The number of nitrogens with zero attached hydrogens (tertiary/aromatic N) is 6. The molecule has 0 saturated carbocycles. The molecule has 0 aromatic heterocycles. The van der Waals surface area contributed by atoms with E-state index in [9.17, 15) is 0 Å².